The third-order valence-corrected chi connectivity index (χ3v) is 5.59. The molecule has 3 heterocycles. The van der Waals surface area contributed by atoms with E-state index in [0.717, 1.165) is 64.1 Å². The number of amides is 1. The van der Waals surface area contributed by atoms with Gasteiger partial charge in [0.15, 0.2) is 0 Å². The third kappa shape index (κ3) is 3.49. The van der Waals surface area contributed by atoms with Gasteiger partial charge in [0.05, 0.1) is 18.3 Å². The summed E-state index contributed by atoms with van der Waals surface area (Å²) in [7, 11) is 0. The highest BCUT2D eigenvalue weighted by Crippen LogP contribution is 2.31. The Kier molecular flexibility index (Phi) is 4.85. The molecule has 2 N–H and O–H groups in total. The number of carbonyl (C=O) groups excluding carboxylic acids is 1. The van der Waals surface area contributed by atoms with Crippen LogP contribution in [0.1, 0.15) is 61.8 Å². The van der Waals surface area contributed by atoms with Crippen molar-refractivity contribution in [2.45, 2.75) is 63.5 Å². The second kappa shape index (κ2) is 7.23. The van der Waals surface area contributed by atoms with Crippen molar-refractivity contribution < 1.29 is 9.53 Å². The molecule has 6 heteroatoms. The summed E-state index contributed by atoms with van der Waals surface area (Å²) in [5.41, 5.74) is 2.59. The number of carbonyl (C=O) groups is 1. The van der Waals surface area contributed by atoms with Crippen LogP contribution < -0.4 is 5.32 Å². The molecule has 2 fully saturated rings. The van der Waals surface area contributed by atoms with Crippen molar-refractivity contribution in [1.82, 2.24) is 20.2 Å². The number of aromatic amines is 1. The normalized spacial score (nSPS) is 25.6. The standard InChI is InChI=1S/C18H28N4O2/c23-17(19-13-7-10-24-11-8-13)12-22-9-3-6-16(22)18-20-14-4-1-2-5-15(14)21-18/h13,16H,1-12H2,(H,19,23)(H,20,21)/t16-/m1/s1. The number of fused-ring (bicyclic) bond motifs is 1. The second-order valence-electron chi connectivity index (χ2n) is 7.34. The molecule has 1 amide bonds. The molecule has 0 radical (unpaired) electrons. The average Bonchev–Trinajstić information content (AvgIpc) is 3.21. The van der Waals surface area contributed by atoms with Gasteiger partial charge in [0, 0.05) is 24.9 Å². The maximum atomic E-state index is 12.4. The van der Waals surface area contributed by atoms with E-state index in [-0.39, 0.29) is 18.0 Å². The molecule has 1 aromatic heterocycles. The minimum absolute atomic E-state index is 0.144. The quantitative estimate of drug-likeness (QED) is 0.881. The van der Waals surface area contributed by atoms with E-state index >= 15 is 0 Å². The lowest BCUT2D eigenvalue weighted by atomic mass is 10.0. The number of imidazole rings is 1. The maximum Gasteiger partial charge on any atom is 0.234 e. The molecule has 6 nitrogen and oxygen atoms in total. The molecule has 24 heavy (non-hydrogen) atoms. The molecule has 2 aliphatic heterocycles. The zero-order valence-electron chi connectivity index (χ0n) is 14.4. The summed E-state index contributed by atoms with van der Waals surface area (Å²) in [5, 5.41) is 3.18. The van der Waals surface area contributed by atoms with Gasteiger partial charge in [-0.25, -0.2) is 4.98 Å². The topological polar surface area (TPSA) is 70.2 Å². The Morgan fingerprint density at radius 1 is 1.21 bits per heavy atom. The van der Waals surface area contributed by atoms with Crippen LogP contribution in [0.2, 0.25) is 0 Å². The van der Waals surface area contributed by atoms with E-state index in [4.69, 9.17) is 9.72 Å². The first-order valence-electron chi connectivity index (χ1n) is 9.48. The van der Waals surface area contributed by atoms with E-state index in [1.165, 1.54) is 24.2 Å². The number of ether oxygens (including phenoxy) is 1. The van der Waals surface area contributed by atoms with Crippen molar-refractivity contribution in [3.05, 3.63) is 17.2 Å². The van der Waals surface area contributed by atoms with Gasteiger partial charge in [0.1, 0.15) is 5.82 Å². The molecule has 0 spiro atoms. The van der Waals surface area contributed by atoms with Gasteiger partial charge >= 0.3 is 0 Å². The fourth-order valence-electron chi connectivity index (χ4n) is 4.26. The highest BCUT2D eigenvalue weighted by atomic mass is 16.5. The Morgan fingerprint density at radius 3 is 2.88 bits per heavy atom. The van der Waals surface area contributed by atoms with Crippen LogP contribution in [-0.4, -0.2) is 53.1 Å². The number of hydrogen-bond acceptors (Lipinski definition) is 4. The molecule has 0 saturated carbocycles. The smallest absolute Gasteiger partial charge is 0.234 e. The van der Waals surface area contributed by atoms with Gasteiger partial charge in [-0.1, -0.05) is 0 Å². The molecule has 1 atom stereocenters. The van der Waals surface area contributed by atoms with Crippen molar-refractivity contribution in [2.24, 2.45) is 0 Å². The van der Waals surface area contributed by atoms with Crippen LogP contribution in [0.3, 0.4) is 0 Å². The van der Waals surface area contributed by atoms with Crippen molar-refractivity contribution in [1.29, 1.82) is 0 Å². The van der Waals surface area contributed by atoms with E-state index in [2.05, 4.69) is 15.2 Å². The van der Waals surface area contributed by atoms with Crippen molar-refractivity contribution in [3.8, 4) is 0 Å². The van der Waals surface area contributed by atoms with Gasteiger partial charge in [-0.15, -0.1) is 0 Å². The molecule has 1 aromatic rings. The summed E-state index contributed by atoms with van der Waals surface area (Å²) < 4.78 is 5.36. The largest absolute Gasteiger partial charge is 0.381 e. The highest BCUT2D eigenvalue weighted by molar-refractivity contribution is 5.78. The van der Waals surface area contributed by atoms with E-state index in [9.17, 15) is 4.79 Å². The van der Waals surface area contributed by atoms with Crippen molar-refractivity contribution >= 4 is 5.91 Å². The first-order chi connectivity index (χ1) is 11.8. The van der Waals surface area contributed by atoms with Crippen LogP contribution >= 0.6 is 0 Å². The Morgan fingerprint density at radius 2 is 2.04 bits per heavy atom. The van der Waals surface area contributed by atoms with E-state index in [1.54, 1.807) is 0 Å². The molecule has 132 valence electrons. The second-order valence-corrected chi connectivity index (χ2v) is 7.34. The lowest BCUT2D eigenvalue weighted by Crippen LogP contribution is -2.44. The number of H-pyrrole nitrogens is 1. The number of likely N-dealkylation sites (tertiary alicyclic amines) is 1. The Balaban J connectivity index is 1.37. The Labute approximate surface area is 143 Å². The number of nitrogens with zero attached hydrogens (tertiary/aromatic N) is 2. The molecule has 4 rings (SSSR count). The zero-order chi connectivity index (χ0) is 16.4. The van der Waals surface area contributed by atoms with Crippen LogP contribution in [-0.2, 0) is 22.4 Å². The van der Waals surface area contributed by atoms with Gasteiger partial charge in [0.2, 0.25) is 5.91 Å². The van der Waals surface area contributed by atoms with Crippen LogP contribution in [0.25, 0.3) is 0 Å². The summed E-state index contributed by atoms with van der Waals surface area (Å²) in [6.45, 7) is 2.98. The van der Waals surface area contributed by atoms with Crippen LogP contribution in [0.4, 0.5) is 0 Å². The van der Waals surface area contributed by atoms with Crippen LogP contribution in [0.5, 0.6) is 0 Å². The fourth-order valence-corrected chi connectivity index (χ4v) is 4.26. The highest BCUT2D eigenvalue weighted by Gasteiger charge is 2.31. The van der Waals surface area contributed by atoms with Crippen LogP contribution in [0, 0.1) is 0 Å². The summed E-state index contributed by atoms with van der Waals surface area (Å²) >= 11 is 0. The number of aromatic nitrogens is 2. The summed E-state index contributed by atoms with van der Waals surface area (Å²) in [6, 6.07) is 0.555. The zero-order valence-corrected chi connectivity index (χ0v) is 14.4. The Hall–Kier alpha value is -1.40. The first kappa shape index (κ1) is 16.1. The summed E-state index contributed by atoms with van der Waals surface area (Å²) in [4.78, 5) is 23.1. The lowest BCUT2D eigenvalue weighted by molar-refractivity contribution is -0.123. The predicted octanol–water partition coefficient (Wildman–Crippen LogP) is 1.72. The van der Waals surface area contributed by atoms with Gasteiger partial charge in [-0.2, -0.15) is 0 Å². The molecule has 3 aliphatic rings. The number of hydrogen-bond donors (Lipinski definition) is 2. The minimum Gasteiger partial charge on any atom is -0.381 e. The molecule has 1 aliphatic carbocycles. The number of aryl methyl sites for hydroxylation is 2. The van der Waals surface area contributed by atoms with Crippen LogP contribution in [0.15, 0.2) is 0 Å². The van der Waals surface area contributed by atoms with Gasteiger partial charge in [-0.3, -0.25) is 9.69 Å². The van der Waals surface area contributed by atoms with E-state index in [1.807, 2.05) is 0 Å². The third-order valence-electron chi connectivity index (χ3n) is 5.59. The number of rotatable bonds is 4. The van der Waals surface area contributed by atoms with Crippen molar-refractivity contribution in [3.63, 3.8) is 0 Å². The van der Waals surface area contributed by atoms with E-state index < -0.39 is 0 Å². The fraction of sp³-hybridized carbons (Fsp3) is 0.778. The molecule has 0 aromatic carbocycles. The molecule has 0 bridgehead atoms. The number of nitrogens with one attached hydrogen (secondary N) is 2. The van der Waals surface area contributed by atoms with Gasteiger partial charge in [-0.05, 0) is 57.9 Å². The molecule has 2 saturated heterocycles. The van der Waals surface area contributed by atoms with Gasteiger partial charge < -0.3 is 15.0 Å². The lowest BCUT2D eigenvalue weighted by Gasteiger charge is -2.26. The summed E-state index contributed by atoms with van der Waals surface area (Å²) in [6.07, 6.45) is 8.83. The van der Waals surface area contributed by atoms with Crippen molar-refractivity contribution in [2.75, 3.05) is 26.3 Å². The van der Waals surface area contributed by atoms with E-state index in [0.29, 0.717) is 6.54 Å². The average molecular weight is 332 g/mol. The molecular formula is C18H28N4O2. The monoisotopic (exact) mass is 332 g/mol. The SMILES string of the molecule is O=C(CN1CCC[C@@H]1c1nc2c([nH]1)CCCC2)NC1CCOCC1. The van der Waals surface area contributed by atoms with Gasteiger partial charge in [0.25, 0.3) is 0 Å². The maximum absolute atomic E-state index is 12.4. The summed E-state index contributed by atoms with van der Waals surface area (Å²) in [5.74, 6) is 1.23. The predicted molar refractivity (Wildman–Crippen MR) is 90.8 cm³/mol. The Bertz CT molecular complexity index is 556. The first-order valence-corrected chi connectivity index (χ1v) is 9.48. The molecule has 0 unspecified atom stereocenters. The minimum atomic E-state index is 0.144. The molecular weight excluding hydrogens is 304 g/mol.